The molecule has 3 atom stereocenters. The highest BCUT2D eigenvalue weighted by Gasteiger charge is 2.36. The van der Waals surface area contributed by atoms with E-state index in [9.17, 15) is 0 Å². The van der Waals surface area contributed by atoms with Gasteiger partial charge in [0.25, 0.3) is 0 Å². The van der Waals surface area contributed by atoms with Crippen LogP contribution in [0.5, 0.6) is 0 Å². The average molecular weight is 224 g/mol. The number of rotatable bonds is 2. The van der Waals surface area contributed by atoms with E-state index in [4.69, 9.17) is 4.74 Å². The first-order valence-electron chi connectivity index (χ1n) is 7.00. The van der Waals surface area contributed by atoms with Crippen molar-refractivity contribution in [3.05, 3.63) is 0 Å². The minimum absolute atomic E-state index is 0.560. The highest BCUT2D eigenvalue weighted by Crippen LogP contribution is 2.30. The van der Waals surface area contributed by atoms with Crippen molar-refractivity contribution in [2.24, 2.45) is 5.92 Å². The minimum Gasteiger partial charge on any atom is -0.375 e. The zero-order valence-electron chi connectivity index (χ0n) is 10.2. The van der Waals surface area contributed by atoms with Crippen LogP contribution >= 0.6 is 0 Å². The Bertz CT molecular complexity index is 228. The maximum absolute atomic E-state index is 5.86. The van der Waals surface area contributed by atoms with Gasteiger partial charge in [-0.05, 0) is 51.1 Å². The zero-order chi connectivity index (χ0) is 10.8. The van der Waals surface area contributed by atoms with Gasteiger partial charge in [-0.25, -0.2) is 0 Å². The van der Waals surface area contributed by atoms with Gasteiger partial charge in [0.05, 0.1) is 12.7 Å². The topological polar surface area (TPSA) is 24.5 Å². The molecule has 0 spiro atoms. The van der Waals surface area contributed by atoms with E-state index >= 15 is 0 Å². The summed E-state index contributed by atoms with van der Waals surface area (Å²) in [7, 11) is 0. The number of hydrogen-bond donors (Lipinski definition) is 1. The standard InChI is InChI=1S/C13H24N2O/c1-4-12-13(5-1)16-8-7-15(12)10-11-3-2-6-14-9-11/h11-14H,1-10H2. The van der Waals surface area contributed by atoms with Crippen LogP contribution in [0.1, 0.15) is 32.1 Å². The first-order chi connectivity index (χ1) is 7.93. The normalized spacial score (nSPS) is 40.9. The van der Waals surface area contributed by atoms with Gasteiger partial charge in [0, 0.05) is 19.1 Å². The second-order valence-electron chi connectivity index (χ2n) is 5.61. The van der Waals surface area contributed by atoms with E-state index in [1.165, 1.54) is 51.7 Å². The number of nitrogens with zero attached hydrogens (tertiary/aromatic N) is 1. The summed E-state index contributed by atoms with van der Waals surface area (Å²) in [5.41, 5.74) is 0. The fourth-order valence-electron chi connectivity index (χ4n) is 3.64. The van der Waals surface area contributed by atoms with Crippen LogP contribution in [-0.4, -0.2) is 49.8 Å². The monoisotopic (exact) mass is 224 g/mol. The van der Waals surface area contributed by atoms with E-state index in [0.717, 1.165) is 25.1 Å². The fraction of sp³-hybridized carbons (Fsp3) is 1.00. The number of ether oxygens (including phenoxy) is 1. The third kappa shape index (κ3) is 2.27. The summed E-state index contributed by atoms with van der Waals surface area (Å²) in [4.78, 5) is 2.72. The van der Waals surface area contributed by atoms with Crippen molar-refractivity contribution in [2.75, 3.05) is 32.8 Å². The Balaban J connectivity index is 1.56. The summed E-state index contributed by atoms with van der Waals surface area (Å²) in [5, 5.41) is 3.53. The van der Waals surface area contributed by atoms with Crippen molar-refractivity contribution in [3.8, 4) is 0 Å². The van der Waals surface area contributed by atoms with Crippen molar-refractivity contribution < 1.29 is 4.74 Å². The van der Waals surface area contributed by atoms with Gasteiger partial charge in [0.1, 0.15) is 0 Å². The van der Waals surface area contributed by atoms with E-state index in [-0.39, 0.29) is 0 Å². The van der Waals surface area contributed by atoms with Crippen molar-refractivity contribution >= 4 is 0 Å². The Hall–Kier alpha value is -0.120. The second kappa shape index (κ2) is 5.03. The van der Waals surface area contributed by atoms with E-state index in [1.54, 1.807) is 0 Å². The lowest BCUT2D eigenvalue weighted by molar-refractivity contribution is -0.0610. The molecule has 1 saturated carbocycles. The predicted molar refractivity (Wildman–Crippen MR) is 64.5 cm³/mol. The Morgan fingerprint density at radius 2 is 2.19 bits per heavy atom. The SMILES string of the molecule is C1CNCC(CN2CCOC3CCCC32)C1. The van der Waals surface area contributed by atoms with Crippen LogP contribution in [0.4, 0.5) is 0 Å². The molecule has 2 aliphatic heterocycles. The predicted octanol–water partition coefficient (Wildman–Crippen LogP) is 1.24. The summed E-state index contributed by atoms with van der Waals surface area (Å²) in [6, 6.07) is 0.746. The van der Waals surface area contributed by atoms with Crippen LogP contribution in [0.2, 0.25) is 0 Å². The molecular formula is C13H24N2O. The molecule has 16 heavy (non-hydrogen) atoms. The lowest BCUT2D eigenvalue weighted by Crippen LogP contribution is -2.51. The Morgan fingerprint density at radius 3 is 3.06 bits per heavy atom. The third-order valence-electron chi connectivity index (χ3n) is 4.49. The molecule has 0 amide bonds. The van der Waals surface area contributed by atoms with Crippen LogP contribution in [0.15, 0.2) is 0 Å². The smallest absolute Gasteiger partial charge is 0.0730 e. The minimum atomic E-state index is 0.560. The fourth-order valence-corrected chi connectivity index (χ4v) is 3.64. The number of morpholine rings is 1. The number of hydrogen-bond acceptors (Lipinski definition) is 3. The van der Waals surface area contributed by atoms with Crippen molar-refractivity contribution in [2.45, 2.75) is 44.2 Å². The Kier molecular flexibility index (Phi) is 3.46. The molecule has 0 bridgehead atoms. The molecule has 0 radical (unpaired) electrons. The third-order valence-corrected chi connectivity index (χ3v) is 4.49. The molecular weight excluding hydrogens is 200 g/mol. The maximum Gasteiger partial charge on any atom is 0.0730 e. The van der Waals surface area contributed by atoms with Gasteiger partial charge >= 0.3 is 0 Å². The molecule has 2 heterocycles. The molecule has 1 N–H and O–H groups in total. The molecule has 3 fully saturated rings. The molecule has 0 aromatic rings. The van der Waals surface area contributed by atoms with Crippen LogP contribution in [0.25, 0.3) is 0 Å². The highest BCUT2D eigenvalue weighted by molar-refractivity contribution is 4.90. The second-order valence-corrected chi connectivity index (χ2v) is 5.61. The Labute approximate surface area is 98.5 Å². The van der Waals surface area contributed by atoms with Crippen LogP contribution in [0.3, 0.4) is 0 Å². The molecule has 3 unspecified atom stereocenters. The lowest BCUT2D eigenvalue weighted by atomic mass is 9.97. The van der Waals surface area contributed by atoms with E-state index in [0.29, 0.717) is 6.10 Å². The first-order valence-corrected chi connectivity index (χ1v) is 7.00. The molecule has 3 nitrogen and oxygen atoms in total. The van der Waals surface area contributed by atoms with E-state index in [2.05, 4.69) is 10.2 Å². The lowest BCUT2D eigenvalue weighted by Gasteiger charge is -2.40. The molecule has 1 aliphatic carbocycles. The summed E-state index contributed by atoms with van der Waals surface area (Å²) >= 11 is 0. The quantitative estimate of drug-likeness (QED) is 0.764. The van der Waals surface area contributed by atoms with Gasteiger partial charge < -0.3 is 10.1 Å². The van der Waals surface area contributed by atoms with Crippen molar-refractivity contribution in [1.29, 1.82) is 0 Å². The number of nitrogens with one attached hydrogen (secondary N) is 1. The first kappa shape index (κ1) is 11.0. The van der Waals surface area contributed by atoms with Gasteiger partial charge in [-0.3, -0.25) is 4.90 Å². The van der Waals surface area contributed by atoms with Crippen LogP contribution in [0, 0.1) is 5.92 Å². The van der Waals surface area contributed by atoms with Crippen LogP contribution < -0.4 is 5.32 Å². The molecule has 3 heteroatoms. The van der Waals surface area contributed by atoms with E-state index in [1.807, 2.05) is 0 Å². The summed E-state index contributed by atoms with van der Waals surface area (Å²) in [6.45, 7) is 5.89. The van der Waals surface area contributed by atoms with Gasteiger partial charge in [-0.15, -0.1) is 0 Å². The number of piperidine rings is 1. The molecule has 3 aliphatic rings. The maximum atomic E-state index is 5.86. The van der Waals surface area contributed by atoms with Crippen LogP contribution in [-0.2, 0) is 4.74 Å². The molecule has 0 aromatic heterocycles. The number of fused-ring (bicyclic) bond motifs is 1. The Morgan fingerprint density at radius 1 is 1.19 bits per heavy atom. The zero-order valence-corrected chi connectivity index (χ0v) is 10.2. The molecule has 92 valence electrons. The van der Waals surface area contributed by atoms with Gasteiger partial charge in [-0.1, -0.05) is 0 Å². The van der Waals surface area contributed by atoms with Crippen molar-refractivity contribution in [3.63, 3.8) is 0 Å². The summed E-state index contributed by atoms with van der Waals surface area (Å²) < 4.78 is 5.86. The summed E-state index contributed by atoms with van der Waals surface area (Å²) in [5.74, 6) is 0.882. The highest BCUT2D eigenvalue weighted by atomic mass is 16.5. The van der Waals surface area contributed by atoms with Gasteiger partial charge in [0.15, 0.2) is 0 Å². The van der Waals surface area contributed by atoms with E-state index < -0.39 is 0 Å². The van der Waals surface area contributed by atoms with Gasteiger partial charge in [-0.2, -0.15) is 0 Å². The van der Waals surface area contributed by atoms with Crippen molar-refractivity contribution in [1.82, 2.24) is 10.2 Å². The molecule has 2 saturated heterocycles. The molecule has 0 aromatic carbocycles. The largest absolute Gasteiger partial charge is 0.375 e. The van der Waals surface area contributed by atoms with Gasteiger partial charge in [0.2, 0.25) is 0 Å². The summed E-state index contributed by atoms with van der Waals surface area (Å²) in [6.07, 6.45) is 7.37. The molecule has 3 rings (SSSR count). The average Bonchev–Trinajstić information content (AvgIpc) is 2.80.